The Kier molecular flexibility index (Phi) is 2.51. The maximum Gasteiger partial charge on any atom is 0.156 e. The Balaban J connectivity index is 2.45. The Labute approximate surface area is 88.8 Å². The van der Waals surface area contributed by atoms with Crippen molar-refractivity contribution in [1.82, 2.24) is 14.8 Å². The molecule has 2 rings (SSSR count). The average Bonchev–Trinajstić information content (AvgIpc) is 2.64. The molecule has 0 aromatic carbocycles. The molecule has 0 unspecified atom stereocenters. The van der Waals surface area contributed by atoms with Crippen LogP contribution in [-0.2, 0) is 6.54 Å². The molecule has 0 radical (unpaired) electrons. The third-order valence-electron chi connectivity index (χ3n) is 2.28. The molecular formula is C11H14N4. The van der Waals surface area contributed by atoms with Crippen LogP contribution >= 0.6 is 0 Å². The quantitative estimate of drug-likeness (QED) is 0.799. The first-order chi connectivity index (χ1) is 7.20. The summed E-state index contributed by atoms with van der Waals surface area (Å²) in [5.74, 6) is 0.861. The Morgan fingerprint density at radius 1 is 1.40 bits per heavy atom. The number of pyridine rings is 1. The second kappa shape index (κ2) is 3.82. The SMILES string of the molecule is Cc1ccn(-c2ncc(CN)cc2C)n1. The van der Waals surface area contributed by atoms with Crippen LogP contribution in [0.3, 0.4) is 0 Å². The summed E-state index contributed by atoms with van der Waals surface area (Å²) in [5, 5.41) is 4.32. The fourth-order valence-corrected chi connectivity index (χ4v) is 1.51. The van der Waals surface area contributed by atoms with Crippen molar-refractivity contribution in [1.29, 1.82) is 0 Å². The van der Waals surface area contributed by atoms with E-state index in [1.807, 2.05) is 32.2 Å². The van der Waals surface area contributed by atoms with Gasteiger partial charge in [0.25, 0.3) is 0 Å². The molecule has 0 bridgehead atoms. The number of rotatable bonds is 2. The van der Waals surface area contributed by atoms with Gasteiger partial charge in [0.15, 0.2) is 5.82 Å². The minimum atomic E-state index is 0.520. The van der Waals surface area contributed by atoms with Gasteiger partial charge in [-0.1, -0.05) is 0 Å². The van der Waals surface area contributed by atoms with Gasteiger partial charge in [-0.3, -0.25) is 0 Å². The summed E-state index contributed by atoms with van der Waals surface area (Å²) in [6, 6.07) is 4.00. The standard InChI is InChI=1S/C11H14N4/c1-8-5-10(6-12)7-13-11(8)15-4-3-9(2)14-15/h3-5,7H,6,12H2,1-2H3. The first-order valence-electron chi connectivity index (χ1n) is 4.89. The summed E-state index contributed by atoms with van der Waals surface area (Å²) in [7, 11) is 0. The van der Waals surface area contributed by atoms with Crippen LogP contribution in [0.1, 0.15) is 16.8 Å². The van der Waals surface area contributed by atoms with Gasteiger partial charge in [-0.15, -0.1) is 0 Å². The summed E-state index contributed by atoms with van der Waals surface area (Å²) in [4.78, 5) is 4.35. The monoisotopic (exact) mass is 202 g/mol. The van der Waals surface area contributed by atoms with Gasteiger partial charge in [0.05, 0.1) is 5.69 Å². The van der Waals surface area contributed by atoms with Gasteiger partial charge in [-0.05, 0) is 37.1 Å². The molecule has 15 heavy (non-hydrogen) atoms. The van der Waals surface area contributed by atoms with Crippen molar-refractivity contribution in [3.63, 3.8) is 0 Å². The maximum absolute atomic E-state index is 5.55. The zero-order valence-electron chi connectivity index (χ0n) is 8.94. The minimum Gasteiger partial charge on any atom is -0.326 e. The highest BCUT2D eigenvalue weighted by Crippen LogP contribution is 2.11. The van der Waals surface area contributed by atoms with Crippen molar-refractivity contribution in [2.24, 2.45) is 5.73 Å². The van der Waals surface area contributed by atoms with E-state index in [0.717, 1.165) is 22.6 Å². The molecule has 4 nitrogen and oxygen atoms in total. The number of aryl methyl sites for hydroxylation is 2. The molecule has 0 saturated carbocycles. The van der Waals surface area contributed by atoms with Crippen LogP contribution in [0, 0.1) is 13.8 Å². The minimum absolute atomic E-state index is 0.520. The molecule has 0 spiro atoms. The van der Waals surface area contributed by atoms with Gasteiger partial charge in [0, 0.05) is 18.9 Å². The van der Waals surface area contributed by atoms with Crippen LogP contribution in [0.4, 0.5) is 0 Å². The summed E-state index contributed by atoms with van der Waals surface area (Å²) < 4.78 is 1.78. The molecule has 4 heteroatoms. The van der Waals surface area contributed by atoms with Crippen molar-refractivity contribution in [2.45, 2.75) is 20.4 Å². The third-order valence-corrected chi connectivity index (χ3v) is 2.28. The number of hydrogen-bond donors (Lipinski definition) is 1. The smallest absolute Gasteiger partial charge is 0.156 e. The predicted octanol–water partition coefficient (Wildman–Crippen LogP) is 1.34. The Morgan fingerprint density at radius 2 is 2.20 bits per heavy atom. The fourth-order valence-electron chi connectivity index (χ4n) is 1.51. The van der Waals surface area contributed by atoms with Gasteiger partial charge < -0.3 is 5.73 Å². The van der Waals surface area contributed by atoms with Gasteiger partial charge in [-0.2, -0.15) is 5.10 Å². The zero-order valence-corrected chi connectivity index (χ0v) is 8.94. The van der Waals surface area contributed by atoms with Crippen LogP contribution in [0.2, 0.25) is 0 Å². The van der Waals surface area contributed by atoms with Crippen LogP contribution < -0.4 is 5.73 Å². The van der Waals surface area contributed by atoms with Crippen molar-refractivity contribution in [2.75, 3.05) is 0 Å². The zero-order chi connectivity index (χ0) is 10.8. The van der Waals surface area contributed by atoms with Crippen molar-refractivity contribution >= 4 is 0 Å². The van der Waals surface area contributed by atoms with E-state index in [-0.39, 0.29) is 0 Å². The van der Waals surface area contributed by atoms with Gasteiger partial charge in [-0.25, -0.2) is 9.67 Å². The van der Waals surface area contributed by atoms with E-state index in [4.69, 9.17) is 5.73 Å². The van der Waals surface area contributed by atoms with E-state index in [0.29, 0.717) is 6.54 Å². The first-order valence-corrected chi connectivity index (χ1v) is 4.89. The Bertz CT molecular complexity index is 473. The molecule has 0 atom stereocenters. The highest BCUT2D eigenvalue weighted by Gasteiger charge is 2.04. The van der Waals surface area contributed by atoms with Crippen molar-refractivity contribution < 1.29 is 0 Å². The summed E-state index contributed by atoms with van der Waals surface area (Å²) in [6.07, 6.45) is 3.70. The maximum atomic E-state index is 5.55. The highest BCUT2D eigenvalue weighted by atomic mass is 15.3. The van der Waals surface area contributed by atoms with E-state index in [9.17, 15) is 0 Å². The van der Waals surface area contributed by atoms with E-state index in [2.05, 4.69) is 10.1 Å². The normalized spacial score (nSPS) is 10.6. The third kappa shape index (κ3) is 1.89. The molecule has 2 heterocycles. The molecule has 0 amide bonds. The molecule has 0 saturated heterocycles. The van der Waals surface area contributed by atoms with E-state index >= 15 is 0 Å². The van der Waals surface area contributed by atoms with Gasteiger partial charge in [0.2, 0.25) is 0 Å². The lowest BCUT2D eigenvalue weighted by Gasteiger charge is -2.06. The largest absolute Gasteiger partial charge is 0.326 e. The van der Waals surface area contributed by atoms with E-state index < -0.39 is 0 Å². The predicted molar refractivity (Wildman–Crippen MR) is 58.7 cm³/mol. The molecule has 78 valence electrons. The topological polar surface area (TPSA) is 56.7 Å². The second-order valence-corrected chi connectivity index (χ2v) is 3.59. The molecule has 2 aromatic heterocycles. The molecule has 2 N–H and O–H groups in total. The lowest BCUT2D eigenvalue weighted by molar-refractivity contribution is 0.820. The van der Waals surface area contributed by atoms with Crippen molar-refractivity contribution in [3.8, 4) is 5.82 Å². The van der Waals surface area contributed by atoms with Crippen LogP contribution in [0.15, 0.2) is 24.5 Å². The summed E-state index contributed by atoms with van der Waals surface area (Å²) >= 11 is 0. The molecule has 2 aromatic rings. The second-order valence-electron chi connectivity index (χ2n) is 3.59. The summed E-state index contributed by atoms with van der Waals surface area (Å²) in [6.45, 7) is 4.49. The van der Waals surface area contributed by atoms with E-state index in [1.165, 1.54) is 0 Å². The number of nitrogens with two attached hydrogens (primary N) is 1. The number of aromatic nitrogens is 3. The summed E-state index contributed by atoms with van der Waals surface area (Å²) in [5.41, 5.74) is 8.66. The Morgan fingerprint density at radius 3 is 2.73 bits per heavy atom. The molecule has 0 aliphatic rings. The molecular weight excluding hydrogens is 188 g/mol. The number of hydrogen-bond acceptors (Lipinski definition) is 3. The molecule has 0 aliphatic heterocycles. The van der Waals surface area contributed by atoms with Gasteiger partial charge in [0.1, 0.15) is 0 Å². The molecule has 0 fully saturated rings. The lowest BCUT2D eigenvalue weighted by atomic mass is 10.2. The van der Waals surface area contributed by atoms with Crippen LogP contribution in [-0.4, -0.2) is 14.8 Å². The van der Waals surface area contributed by atoms with E-state index in [1.54, 1.807) is 10.9 Å². The number of nitrogens with zero attached hydrogens (tertiary/aromatic N) is 3. The Hall–Kier alpha value is -1.68. The van der Waals surface area contributed by atoms with Crippen LogP contribution in [0.5, 0.6) is 0 Å². The highest BCUT2D eigenvalue weighted by molar-refractivity contribution is 5.34. The fraction of sp³-hybridized carbons (Fsp3) is 0.273. The van der Waals surface area contributed by atoms with Gasteiger partial charge >= 0.3 is 0 Å². The van der Waals surface area contributed by atoms with Crippen molar-refractivity contribution in [3.05, 3.63) is 41.3 Å². The van der Waals surface area contributed by atoms with Crippen LogP contribution in [0.25, 0.3) is 5.82 Å². The first kappa shape index (κ1) is 9.86. The average molecular weight is 202 g/mol. The molecule has 0 aliphatic carbocycles. The lowest BCUT2D eigenvalue weighted by Crippen LogP contribution is -2.04.